The number of carboxylic acid groups (broad SMARTS) is 2. The minimum Gasteiger partial charge on any atom is -0.479 e. The molecule has 1 aromatic carbocycles. The number of rotatable bonds is 6. The van der Waals surface area contributed by atoms with Crippen LogP contribution in [-0.4, -0.2) is 50.5 Å². The van der Waals surface area contributed by atoms with Crippen molar-refractivity contribution >= 4 is 23.7 Å². The van der Waals surface area contributed by atoms with Crippen molar-refractivity contribution in [2.24, 2.45) is 0 Å². The van der Waals surface area contributed by atoms with Crippen LogP contribution >= 0.6 is 11.8 Å². The number of carboxylic acids is 2. The van der Waals surface area contributed by atoms with Crippen molar-refractivity contribution < 1.29 is 30.0 Å². The molecule has 6 nitrogen and oxygen atoms in total. The van der Waals surface area contributed by atoms with Gasteiger partial charge in [-0.05, 0) is 24.0 Å². The highest BCUT2D eigenvalue weighted by Gasteiger charge is 2.14. The van der Waals surface area contributed by atoms with E-state index < -0.39 is 24.1 Å². The molecule has 0 bridgehead atoms. The van der Waals surface area contributed by atoms with Crippen LogP contribution in [0.4, 0.5) is 0 Å². The number of benzene rings is 1. The predicted molar refractivity (Wildman–Crippen MR) is 75.7 cm³/mol. The molecule has 1 aromatic rings. The van der Waals surface area contributed by atoms with Crippen LogP contribution in [0.1, 0.15) is 18.1 Å². The van der Waals surface area contributed by atoms with E-state index in [1.807, 2.05) is 6.26 Å². The molecule has 0 spiro atoms. The number of aliphatic hydroxyl groups is 2. The maximum Gasteiger partial charge on any atom is 0.337 e. The Hall–Kier alpha value is -1.57. The number of aliphatic carboxylic acids is 2. The summed E-state index contributed by atoms with van der Waals surface area (Å²) in [5.74, 6) is -1.67. The highest BCUT2D eigenvalue weighted by molar-refractivity contribution is 7.98. The van der Waals surface area contributed by atoms with Crippen LogP contribution in [0, 0.1) is 0 Å². The van der Waals surface area contributed by atoms with Crippen LogP contribution in [-0.2, 0) is 9.59 Å². The van der Waals surface area contributed by atoms with Crippen LogP contribution in [0.3, 0.4) is 0 Å². The van der Waals surface area contributed by atoms with E-state index in [9.17, 15) is 9.59 Å². The van der Waals surface area contributed by atoms with Gasteiger partial charge in [0.1, 0.15) is 0 Å². The monoisotopic (exact) mass is 302 g/mol. The number of aliphatic hydroxyl groups excluding tert-OH is 2. The first-order valence-corrected chi connectivity index (χ1v) is 7.15. The van der Waals surface area contributed by atoms with Gasteiger partial charge < -0.3 is 20.4 Å². The average molecular weight is 302 g/mol. The van der Waals surface area contributed by atoms with Gasteiger partial charge in [-0.3, -0.25) is 0 Å². The molecular weight excluding hydrogens is 284 g/mol. The molecule has 7 heteroatoms. The highest BCUT2D eigenvalue weighted by Crippen LogP contribution is 2.10. The molecule has 0 heterocycles. The summed E-state index contributed by atoms with van der Waals surface area (Å²) in [6, 6.07) is 8.26. The summed E-state index contributed by atoms with van der Waals surface area (Å²) in [4.78, 5) is 20.2. The van der Waals surface area contributed by atoms with Crippen molar-refractivity contribution in [3.8, 4) is 0 Å². The van der Waals surface area contributed by atoms with Crippen LogP contribution in [0.25, 0.3) is 0 Å². The van der Waals surface area contributed by atoms with Crippen molar-refractivity contribution in [2.75, 3.05) is 12.0 Å². The van der Waals surface area contributed by atoms with Crippen molar-refractivity contribution in [1.82, 2.24) is 0 Å². The smallest absolute Gasteiger partial charge is 0.337 e. The number of hydrogen-bond acceptors (Lipinski definition) is 5. The highest BCUT2D eigenvalue weighted by atomic mass is 32.2. The van der Waals surface area contributed by atoms with Crippen LogP contribution in [0.5, 0.6) is 0 Å². The zero-order chi connectivity index (χ0) is 15.5. The van der Waals surface area contributed by atoms with Gasteiger partial charge in [0.15, 0.2) is 12.2 Å². The molecule has 0 saturated heterocycles. The van der Waals surface area contributed by atoms with E-state index in [1.165, 1.54) is 11.8 Å². The van der Waals surface area contributed by atoms with Crippen molar-refractivity contribution in [3.63, 3.8) is 0 Å². The van der Waals surface area contributed by atoms with E-state index in [4.69, 9.17) is 20.4 Å². The van der Waals surface area contributed by atoms with Gasteiger partial charge in [-0.2, -0.15) is 11.8 Å². The van der Waals surface area contributed by atoms with Crippen molar-refractivity contribution in [3.05, 3.63) is 35.9 Å². The summed E-state index contributed by atoms with van der Waals surface area (Å²) in [5, 5.41) is 34.2. The van der Waals surface area contributed by atoms with E-state index in [0.717, 1.165) is 0 Å². The quantitative estimate of drug-likeness (QED) is 0.619. The van der Waals surface area contributed by atoms with Crippen molar-refractivity contribution in [2.45, 2.75) is 18.6 Å². The number of hydrogen-bond donors (Lipinski definition) is 4. The summed E-state index contributed by atoms with van der Waals surface area (Å²) < 4.78 is 0. The summed E-state index contributed by atoms with van der Waals surface area (Å²) >= 11 is 1.52. The zero-order valence-corrected chi connectivity index (χ0v) is 11.8. The summed E-state index contributed by atoms with van der Waals surface area (Å²) in [7, 11) is 0. The summed E-state index contributed by atoms with van der Waals surface area (Å²) in [6.45, 7) is 0. The molecule has 20 heavy (non-hydrogen) atoms. The fourth-order valence-corrected chi connectivity index (χ4v) is 1.59. The molecule has 2 atom stereocenters. The second kappa shape index (κ2) is 10.2. The Labute approximate surface area is 121 Å². The largest absolute Gasteiger partial charge is 0.479 e. The Bertz CT molecular complexity index is 409. The molecule has 0 radical (unpaired) electrons. The normalized spacial score (nSPS) is 12.8. The maximum absolute atomic E-state index is 10.2. The van der Waals surface area contributed by atoms with Gasteiger partial charge in [-0.25, -0.2) is 9.59 Å². The molecular formula is C13H18O6S. The molecule has 0 aliphatic carbocycles. The van der Waals surface area contributed by atoms with E-state index in [1.54, 1.807) is 30.3 Å². The van der Waals surface area contributed by atoms with Crippen LogP contribution in [0.15, 0.2) is 30.3 Å². The Balaban J connectivity index is 0.000000370. The molecule has 4 N–H and O–H groups in total. The first-order valence-electron chi connectivity index (χ1n) is 5.75. The molecule has 2 unspecified atom stereocenters. The fraction of sp³-hybridized carbons (Fsp3) is 0.385. The third-order valence-corrected chi connectivity index (χ3v) is 2.87. The molecule has 0 amide bonds. The van der Waals surface area contributed by atoms with Gasteiger partial charge in [0.25, 0.3) is 0 Å². The number of thioether (sulfide) groups is 1. The van der Waals surface area contributed by atoms with Gasteiger partial charge in [0.05, 0.1) is 0 Å². The van der Waals surface area contributed by atoms with Gasteiger partial charge >= 0.3 is 11.9 Å². The zero-order valence-electron chi connectivity index (χ0n) is 11.0. The van der Waals surface area contributed by atoms with Crippen LogP contribution < -0.4 is 0 Å². The van der Waals surface area contributed by atoms with Gasteiger partial charge in [-0.1, -0.05) is 30.3 Å². The van der Waals surface area contributed by atoms with Gasteiger partial charge in [0, 0.05) is 0 Å². The fourth-order valence-electron chi connectivity index (χ4n) is 1.13. The SMILES string of the molecule is CSCCC(O)C(=O)O.O=C(O)C(O)c1ccccc1. The van der Waals surface area contributed by atoms with E-state index in [2.05, 4.69) is 0 Å². The second-order valence-corrected chi connectivity index (χ2v) is 4.77. The lowest BCUT2D eigenvalue weighted by Gasteiger charge is -2.03. The standard InChI is InChI=1S/C8H8O3.C5H10O3S/c9-7(8(10)11)6-4-2-1-3-5-6;1-9-3-2-4(6)5(7)8/h1-5,7,9H,(H,10,11);4,6H,2-3H2,1H3,(H,7,8). The topological polar surface area (TPSA) is 115 Å². The van der Waals surface area contributed by atoms with Crippen molar-refractivity contribution in [1.29, 1.82) is 0 Å². The lowest BCUT2D eigenvalue weighted by atomic mass is 10.1. The Morgan fingerprint density at radius 1 is 1.10 bits per heavy atom. The molecule has 0 aromatic heterocycles. The van der Waals surface area contributed by atoms with E-state index in [0.29, 0.717) is 17.7 Å². The Morgan fingerprint density at radius 2 is 1.65 bits per heavy atom. The lowest BCUT2D eigenvalue weighted by Crippen LogP contribution is -2.19. The van der Waals surface area contributed by atoms with E-state index >= 15 is 0 Å². The molecule has 0 fully saturated rings. The van der Waals surface area contributed by atoms with E-state index in [-0.39, 0.29) is 0 Å². The van der Waals surface area contributed by atoms with Crippen LogP contribution in [0.2, 0.25) is 0 Å². The summed E-state index contributed by atoms with van der Waals surface area (Å²) in [5.41, 5.74) is 0.403. The minimum absolute atomic E-state index is 0.330. The molecule has 0 saturated carbocycles. The third kappa shape index (κ3) is 7.78. The maximum atomic E-state index is 10.2. The number of carbonyl (C=O) groups is 2. The molecule has 1 rings (SSSR count). The molecule has 112 valence electrons. The summed E-state index contributed by atoms with van der Waals surface area (Å²) in [6.07, 6.45) is -0.390. The predicted octanol–water partition coefficient (Wildman–Crippen LogP) is 0.990. The Kier molecular flexibility index (Phi) is 9.44. The van der Waals surface area contributed by atoms with Gasteiger partial charge in [-0.15, -0.1) is 0 Å². The second-order valence-electron chi connectivity index (χ2n) is 3.79. The first-order chi connectivity index (χ1) is 9.40. The average Bonchev–Trinajstić information content (AvgIpc) is 2.45. The molecule has 0 aliphatic rings. The minimum atomic E-state index is -1.41. The first kappa shape index (κ1) is 18.4. The van der Waals surface area contributed by atoms with Gasteiger partial charge in [0.2, 0.25) is 0 Å². The third-order valence-electron chi connectivity index (χ3n) is 2.23. The lowest BCUT2D eigenvalue weighted by molar-refractivity contribution is -0.147. The molecule has 0 aliphatic heterocycles. The Morgan fingerprint density at radius 3 is 2.05 bits per heavy atom.